The van der Waals surface area contributed by atoms with Crippen molar-refractivity contribution < 1.29 is 13.6 Å². The van der Waals surface area contributed by atoms with Gasteiger partial charge in [-0.15, -0.1) is 11.3 Å². The lowest BCUT2D eigenvalue weighted by atomic mass is 10.1. The van der Waals surface area contributed by atoms with Gasteiger partial charge < -0.3 is 4.42 Å². The van der Waals surface area contributed by atoms with Gasteiger partial charge in [-0.25, -0.2) is 4.39 Å². The molecule has 4 nitrogen and oxygen atoms in total. The molecular weight excluding hydrogens is 315 g/mol. The summed E-state index contributed by atoms with van der Waals surface area (Å²) in [6.07, 6.45) is 0.616. The summed E-state index contributed by atoms with van der Waals surface area (Å²) in [4.78, 5) is 11.9. The van der Waals surface area contributed by atoms with Crippen LogP contribution in [-0.2, 0) is 6.54 Å². The molecule has 6 heteroatoms. The molecule has 0 saturated carbocycles. The van der Waals surface area contributed by atoms with E-state index in [0.29, 0.717) is 35.2 Å². The van der Waals surface area contributed by atoms with Crippen LogP contribution >= 0.6 is 11.3 Å². The number of aldehydes is 1. The molecule has 23 heavy (non-hydrogen) atoms. The van der Waals surface area contributed by atoms with E-state index in [-0.39, 0.29) is 11.6 Å². The van der Waals surface area contributed by atoms with Gasteiger partial charge in [0, 0.05) is 4.88 Å². The summed E-state index contributed by atoms with van der Waals surface area (Å²) < 4.78 is 21.5. The minimum Gasteiger partial charge on any atom is -0.452 e. The Bertz CT molecular complexity index is 986. The molecule has 0 unspecified atom stereocenters. The van der Waals surface area contributed by atoms with E-state index in [9.17, 15) is 9.18 Å². The Morgan fingerprint density at radius 3 is 2.87 bits per heavy atom. The Labute approximate surface area is 134 Å². The lowest BCUT2D eigenvalue weighted by Crippen LogP contribution is -1.99. The molecule has 0 bridgehead atoms. The molecule has 4 rings (SSSR count). The van der Waals surface area contributed by atoms with Crippen LogP contribution in [0.4, 0.5) is 4.39 Å². The Morgan fingerprint density at radius 1 is 1.22 bits per heavy atom. The van der Waals surface area contributed by atoms with E-state index in [1.807, 2.05) is 23.6 Å². The molecule has 114 valence electrons. The molecule has 0 aliphatic heterocycles. The Kier molecular flexibility index (Phi) is 3.31. The summed E-state index contributed by atoms with van der Waals surface area (Å²) in [7, 11) is 0. The van der Waals surface area contributed by atoms with Crippen molar-refractivity contribution in [1.82, 2.24) is 9.78 Å². The zero-order valence-corrected chi connectivity index (χ0v) is 12.7. The molecule has 3 heterocycles. The van der Waals surface area contributed by atoms with Gasteiger partial charge in [0.15, 0.2) is 17.8 Å². The first-order valence-corrected chi connectivity index (χ1v) is 7.87. The molecule has 0 amide bonds. The minimum absolute atomic E-state index is 0.192. The molecule has 0 saturated heterocycles. The second-order valence-electron chi connectivity index (χ2n) is 5.04. The molecule has 0 atom stereocenters. The van der Waals surface area contributed by atoms with Crippen LogP contribution < -0.4 is 0 Å². The van der Waals surface area contributed by atoms with Crippen molar-refractivity contribution in [3.63, 3.8) is 0 Å². The lowest BCUT2D eigenvalue weighted by molar-refractivity contribution is 0.110. The van der Waals surface area contributed by atoms with E-state index >= 15 is 0 Å². The molecule has 0 aliphatic rings. The molecule has 1 aromatic carbocycles. The fourth-order valence-electron chi connectivity index (χ4n) is 2.57. The average molecular weight is 326 g/mol. The highest BCUT2D eigenvalue weighted by Crippen LogP contribution is 2.31. The van der Waals surface area contributed by atoms with Crippen LogP contribution in [0.1, 0.15) is 15.4 Å². The van der Waals surface area contributed by atoms with Gasteiger partial charge in [0.05, 0.1) is 17.4 Å². The van der Waals surface area contributed by atoms with E-state index < -0.39 is 0 Å². The standard InChI is InChI=1S/C17H11FN2O2S/c18-13-4-1-5-14-16(13)17(15-7-6-11(10-21)22-15)19-20(14)9-12-3-2-8-23-12/h1-8,10H,9H2. The van der Waals surface area contributed by atoms with Crippen LogP contribution in [0.15, 0.2) is 52.3 Å². The number of fused-ring (bicyclic) bond motifs is 1. The molecule has 0 aliphatic carbocycles. The number of benzene rings is 1. The van der Waals surface area contributed by atoms with Crippen molar-refractivity contribution in [2.24, 2.45) is 0 Å². The Hall–Kier alpha value is -2.73. The van der Waals surface area contributed by atoms with Crippen LogP contribution in [-0.4, -0.2) is 16.1 Å². The lowest BCUT2D eigenvalue weighted by Gasteiger charge is -2.00. The third-order valence-electron chi connectivity index (χ3n) is 3.59. The number of furan rings is 1. The van der Waals surface area contributed by atoms with Gasteiger partial charge >= 0.3 is 0 Å². The number of rotatable bonds is 4. The monoisotopic (exact) mass is 326 g/mol. The summed E-state index contributed by atoms with van der Waals surface area (Å²) in [6.45, 7) is 0.554. The van der Waals surface area contributed by atoms with Gasteiger partial charge in [-0.1, -0.05) is 12.1 Å². The van der Waals surface area contributed by atoms with Gasteiger partial charge in [0.2, 0.25) is 0 Å². The maximum absolute atomic E-state index is 14.4. The fourth-order valence-corrected chi connectivity index (χ4v) is 3.26. The summed E-state index contributed by atoms with van der Waals surface area (Å²) in [5.41, 5.74) is 1.10. The summed E-state index contributed by atoms with van der Waals surface area (Å²) in [5, 5.41) is 6.91. The Morgan fingerprint density at radius 2 is 2.13 bits per heavy atom. The van der Waals surface area contributed by atoms with Crippen molar-refractivity contribution >= 4 is 28.5 Å². The fraction of sp³-hybridized carbons (Fsp3) is 0.0588. The van der Waals surface area contributed by atoms with Gasteiger partial charge in [0.25, 0.3) is 0 Å². The van der Waals surface area contributed by atoms with Crippen molar-refractivity contribution in [3.05, 3.63) is 64.3 Å². The van der Waals surface area contributed by atoms with Crippen molar-refractivity contribution in [1.29, 1.82) is 0 Å². The number of carbonyl (C=O) groups excluding carboxylic acids is 1. The minimum atomic E-state index is -0.362. The van der Waals surface area contributed by atoms with Crippen molar-refractivity contribution in [2.75, 3.05) is 0 Å². The maximum Gasteiger partial charge on any atom is 0.185 e. The molecule has 0 fully saturated rings. The zero-order chi connectivity index (χ0) is 15.8. The smallest absolute Gasteiger partial charge is 0.185 e. The van der Waals surface area contributed by atoms with Crippen LogP contribution in [0.3, 0.4) is 0 Å². The number of hydrogen-bond acceptors (Lipinski definition) is 4. The van der Waals surface area contributed by atoms with Crippen LogP contribution in [0.5, 0.6) is 0 Å². The predicted molar refractivity (Wildman–Crippen MR) is 86.2 cm³/mol. The first-order valence-electron chi connectivity index (χ1n) is 6.99. The van der Waals surface area contributed by atoms with Crippen LogP contribution in [0.2, 0.25) is 0 Å². The van der Waals surface area contributed by atoms with E-state index in [0.717, 1.165) is 4.88 Å². The predicted octanol–water partition coefficient (Wildman–Crippen LogP) is 4.36. The summed E-state index contributed by atoms with van der Waals surface area (Å²) in [5.74, 6) is 0.211. The zero-order valence-electron chi connectivity index (χ0n) is 11.9. The van der Waals surface area contributed by atoms with Crippen LogP contribution in [0, 0.1) is 5.82 Å². The molecule has 0 N–H and O–H groups in total. The number of carbonyl (C=O) groups is 1. The molecule has 0 radical (unpaired) electrons. The molecule has 4 aromatic rings. The summed E-state index contributed by atoms with van der Waals surface area (Å²) in [6, 6.07) is 12.0. The van der Waals surface area contributed by atoms with Gasteiger partial charge in [0.1, 0.15) is 11.5 Å². The number of halogens is 1. The second-order valence-corrected chi connectivity index (χ2v) is 6.07. The average Bonchev–Trinajstić information content (AvgIpc) is 3.28. The third-order valence-corrected chi connectivity index (χ3v) is 4.45. The molecule has 0 spiro atoms. The largest absolute Gasteiger partial charge is 0.452 e. The number of thiophene rings is 1. The molecular formula is C17H11FN2O2S. The highest BCUT2D eigenvalue weighted by molar-refractivity contribution is 7.09. The van der Waals surface area contributed by atoms with E-state index in [1.165, 1.54) is 6.07 Å². The van der Waals surface area contributed by atoms with E-state index in [2.05, 4.69) is 5.10 Å². The van der Waals surface area contributed by atoms with Gasteiger partial charge in [-0.2, -0.15) is 5.10 Å². The highest BCUT2D eigenvalue weighted by Gasteiger charge is 2.19. The Balaban J connectivity index is 1.91. The van der Waals surface area contributed by atoms with Gasteiger partial charge in [-0.05, 0) is 35.7 Å². The summed E-state index contributed by atoms with van der Waals surface area (Å²) >= 11 is 1.62. The first-order chi connectivity index (χ1) is 11.3. The number of aromatic nitrogens is 2. The van der Waals surface area contributed by atoms with E-state index in [1.54, 1.807) is 34.2 Å². The number of nitrogens with zero attached hydrogens (tertiary/aromatic N) is 2. The molecule has 3 aromatic heterocycles. The van der Waals surface area contributed by atoms with Gasteiger partial charge in [-0.3, -0.25) is 9.48 Å². The normalized spacial score (nSPS) is 11.2. The third kappa shape index (κ3) is 2.37. The SMILES string of the molecule is O=Cc1ccc(-c2nn(Cc3cccs3)c3cccc(F)c23)o1. The maximum atomic E-state index is 14.4. The highest BCUT2D eigenvalue weighted by atomic mass is 32.1. The van der Waals surface area contributed by atoms with E-state index in [4.69, 9.17) is 4.42 Å². The second kappa shape index (κ2) is 5.48. The number of hydrogen-bond donors (Lipinski definition) is 0. The topological polar surface area (TPSA) is 48.0 Å². The van der Waals surface area contributed by atoms with Crippen molar-refractivity contribution in [3.8, 4) is 11.5 Å². The van der Waals surface area contributed by atoms with Crippen molar-refractivity contribution in [2.45, 2.75) is 6.54 Å². The quantitative estimate of drug-likeness (QED) is 0.524. The van der Waals surface area contributed by atoms with Crippen LogP contribution in [0.25, 0.3) is 22.4 Å². The first kappa shape index (κ1) is 13.9.